The van der Waals surface area contributed by atoms with Gasteiger partial charge in [0, 0.05) is 18.4 Å². The molecule has 0 radical (unpaired) electrons. The number of nitrogens with zero attached hydrogens (tertiary/aromatic N) is 1. The van der Waals surface area contributed by atoms with Crippen LogP contribution in [0.3, 0.4) is 0 Å². The summed E-state index contributed by atoms with van der Waals surface area (Å²) < 4.78 is 0. The predicted molar refractivity (Wildman–Crippen MR) is 74.4 cm³/mol. The molecule has 2 heteroatoms. The quantitative estimate of drug-likeness (QED) is 0.889. The van der Waals surface area contributed by atoms with Gasteiger partial charge in [0.1, 0.15) is 0 Å². The number of nitrogens with one attached hydrogen (secondary N) is 1. The summed E-state index contributed by atoms with van der Waals surface area (Å²) in [6, 6.07) is 13.3. The lowest BCUT2D eigenvalue weighted by Gasteiger charge is -2.13. The molecule has 2 heterocycles. The van der Waals surface area contributed by atoms with Crippen molar-refractivity contribution in [2.75, 3.05) is 6.54 Å². The van der Waals surface area contributed by atoms with E-state index in [9.17, 15) is 0 Å². The average molecular weight is 238 g/mol. The van der Waals surface area contributed by atoms with Gasteiger partial charge in [0.05, 0.1) is 0 Å². The van der Waals surface area contributed by atoms with Crippen LogP contribution in [0.15, 0.2) is 48.8 Å². The van der Waals surface area contributed by atoms with Crippen LogP contribution < -0.4 is 5.32 Å². The zero-order valence-corrected chi connectivity index (χ0v) is 10.5. The van der Waals surface area contributed by atoms with Gasteiger partial charge in [-0.15, -0.1) is 0 Å². The smallest absolute Gasteiger partial charge is 0.0306 e. The number of hydrogen-bond acceptors (Lipinski definition) is 2. The molecule has 0 amide bonds. The topological polar surface area (TPSA) is 24.9 Å². The second-order valence-corrected chi connectivity index (χ2v) is 4.90. The van der Waals surface area contributed by atoms with Gasteiger partial charge < -0.3 is 5.32 Å². The highest BCUT2D eigenvalue weighted by atomic mass is 14.9. The molecular formula is C16H18N2. The average Bonchev–Trinajstić information content (AvgIpc) is 2.93. The summed E-state index contributed by atoms with van der Waals surface area (Å²) in [5.41, 5.74) is 3.95. The van der Waals surface area contributed by atoms with Gasteiger partial charge in [-0.3, -0.25) is 4.98 Å². The molecule has 1 aromatic carbocycles. The highest BCUT2D eigenvalue weighted by Gasteiger charge is 2.16. The van der Waals surface area contributed by atoms with E-state index in [1.165, 1.54) is 29.5 Å². The third-order valence-corrected chi connectivity index (χ3v) is 3.62. The highest BCUT2D eigenvalue weighted by molar-refractivity contribution is 5.66. The van der Waals surface area contributed by atoms with Crippen molar-refractivity contribution < 1.29 is 0 Å². The van der Waals surface area contributed by atoms with E-state index in [1.807, 2.05) is 12.4 Å². The zero-order valence-electron chi connectivity index (χ0n) is 10.5. The maximum absolute atomic E-state index is 4.29. The van der Waals surface area contributed by atoms with Gasteiger partial charge in [0.2, 0.25) is 0 Å². The Labute approximate surface area is 108 Å². The van der Waals surface area contributed by atoms with E-state index in [-0.39, 0.29) is 0 Å². The third-order valence-electron chi connectivity index (χ3n) is 3.62. The number of aromatic nitrogens is 1. The third kappa shape index (κ3) is 2.44. The molecule has 3 rings (SSSR count). The van der Waals surface area contributed by atoms with Gasteiger partial charge in [0.25, 0.3) is 0 Å². The number of benzene rings is 1. The van der Waals surface area contributed by atoms with Crippen molar-refractivity contribution in [1.82, 2.24) is 10.3 Å². The SMILES string of the molecule is c1ccc(-c2ccncc2CC2CCCN2)cc1. The maximum Gasteiger partial charge on any atom is 0.0306 e. The molecule has 1 N–H and O–H groups in total. The van der Waals surface area contributed by atoms with E-state index >= 15 is 0 Å². The van der Waals surface area contributed by atoms with E-state index in [1.54, 1.807) is 0 Å². The van der Waals surface area contributed by atoms with Gasteiger partial charge in [0.15, 0.2) is 0 Å². The van der Waals surface area contributed by atoms with Crippen molar-refractivity contribution in [3.63, 3.8) is 0 Å². The summed E-state index contributed by atoms with van der Waals surface area (Å²) in [7, 11) is 0. The molecule has 1 aliphatic rings. The van der Waals surface area contributed by atoms with Crippen LogP contribution in [-0.4, -0.2) is 17.6 Å². The lowest BCUT2D eigenvalue weighted by molar-refractivity contribution is 0.602. The van der Waals surface area contributed by atoms with E-state index < -0.39 is 0 Å². The lowest BCUT2D eigenvalue weighted by Crippen LogP contribution is -2.23. The van der Waals surface area contributed by atoms with E-state index in [0.29, 0.717) is 6.04 Å². The first-order chi connectivity index (χ1) is 8.93. The molecule has 1 saturated heterocycles. The Hall–Kier alpha value is -1.67. The molecule has 18 heavy (non-hydrogen) atoms. The van der Waals surface area contributed by atoms with Crippen molar-refractivity contribution in [3.8, 4) is 11.1 Å². The normalized spacial score (nSPS) is 19.0. The first-order valence-electron chi connectivity index (χ1n) is 6.65. The van der Waals surface area contributed by atoms with Crippen molar-refractivity contribution in [3.05, 3.63) is 54.4 Å². The first-order valence-corrected chi connectivity index (χ1v) is 6.65. The van der Waals surface area contributed by atoms with Crippen LogP contribution in [0.25, 0.3) is 11.1 Å². The molecule has 0 bridgehead atoms. The van der Waals surface area contributed by atoms with Gasteiger partial charge in [-0.2, -0.15) is 0 Å². The Morgan fingerprint density at radius 2 is 2.06 bits per heavy atom. The Kier molecular flexibility index (Phi) is 3.37. The van der Waals surface area contributed by atoms with Crippen molar-refractivity contribution in [1.29, 1.82) is 0 Å². The zero-order chi connectivity index (χ0) is 12.2. The molecule has 1 unspecified atom stereocenters. The molecule has 0 saturated carbocycles. The van der Waals surface area contributed by atoms with Crippen LogP contribution in [0.1, 0.15) is 18.4 Å². The van der Waals surface area contributed by atoms with Crippen molar-refractivity contribution in [2.45, 2.75) is 25.3 Å². The highest BCUT2D eigenvalue weighted by Crippen LogP contribution is 2.24. The number of pyridine rings is 1. The van der Waals surface area contributed by atoms with Crippen molar-refractivity contribution >= 4 is 0 Å². The first kappa shape index (κ1) is 11.4. The van der Waals surface area contributed by atoms with Crippen LogP contribution in [-0.2, 0) is 6.42 Å². The van der Waals surface area contributed by atoms with Crippen LogP contribution >= 0.6 is 0 Å². The summed E-state index contributed by atoms with van der Waals surface area (Å²) in [4.78, 5) is 4.29. The fraction of sp³-hybridized carbons (Fsp3) is 0.312. The standard InChI is InChI=1S/C16H18N2/c1-2-5-13(6-3-1)16-8-10-17-12-14(16)11-15-7-4-9-18-15/h1-3,5-6,8,10,12,15,18H,4,7,9,11H2. The Bertz CT molecular complexity index is 502. The minimum Gasteiger partial charge on any atom is -0.314 e. The Balaban J connectivity index is 1.90. The minimum absolute atomic E-state index is 0.622. The lowest BCUT2D eigenvalue weighted by atomic mass is 9.96. The van der Waals surface area contributed by atoms with E-state index in [0.717, 1.165) is 13.0 Å². The molecule has 0 spiro atoms. The largest absolute Gasteiger partial charge is 0.314 e. The van der Waals surface area contributed by atoms with Crippen LogP contribution in [0, 0.1) is 0 Å². The van der Waals surface area contributed by atoms with Gasteiger partial charge >= 0.3 is 0 Å². The molecular weight excluding hydrogens is 220 g/mol. The Morgan fingerprint density at radius 1 is 1.17 bits per heavy atom. The summed E-state index contributed by atoms with van der Waals surface area (Å²) in [6.45, 7) is 1.16. The fourth-order valence-corrected chi connectivity index (χ4v) is 2.69. The molecule has 1 atom stereocenters. The minimum atomic E-state index is 0.622. The van der Waals surface area contributed by atoms with Crippen LogP contribution in [0.5, 0.6) is 0 Å². The van der Waals surface area contributed by atoms with Crippen LogP contribution in [0.4, 0.5) is 0 Å². The second-order valence-electron chi connectivity index (χ2n) is 4.90. The molecule has 2 aromatic rings. The Morgan fingerprint density at radius 3 is 2.83 bits per heavy atom. The van der Waals surface area contributed by atoms with Gasteiger partial charge in [-0.05, 0) is 48.6 Å². The molecule has 1 fully saturated rings. The van der Waals surface area contributed by atoms with E-state index in [4.69, 9.17) is 0 Å². The fourth-order valence-electron chi connectivity index (χ4n) is 2.69. The molecule has 1 aliphatic heterocycles. The van der Waals surface area contributed by atoms with E-state index in [2.05, 4.69) is 46.7 Å². The number of rotatable bonds is 3. The maximum atomic E-state index is 4.29. The predicted octanol–water partition coefficient (Wildman–Crippen LogP) is 3.04. The molecule has 0 aliphatic carbocycles. The number of hydrogen-bond donors (Lipinski definition) is 1. The summed E-state index contributed by atoms with van der Waals surface area (Å²) in [6.07, 6.45) is 7.56. The molecule has 1 aromatic heterocycles. The summed E-state index contributed by atoms with van der Waals surface area (Å²) >= 11 is 0. The summed E-state index contributed by atoms with van der Waals surface area (Å²) in [5.74, 6) is 0. The molecule has 2 nitrogen and oxygen atoms in total. The monoisotopic (exact) mass is 238 g/mol. The second kappa shape index (κ2) is 5.32. The van der Waals surface area contributed by atoms with Gasteiger partial charge in [-0.1, -0.05) is 30.3 Å². The summed E-state index contributed by atoms with van der Waals surface area (Å²) in [5, 5.41) is 3.56. The van der Waals surface area contributed by atoms with Crippen LogP contribution in [0.2, 0.25) is 0 Å². The molecule has 92 valence electrons. The van der Waals surface area contributed by atoms with Gasteiger partial charge in [-0.25, -0.2) is 0 Å². The van der Waals surface area contributed by atoms with Crippen molar-refractivity contribution in [2.24, 2.45) is 0 Å².